The fourth-order valence-electron chi connectivity index (χ4n) is 0.786. The first-order chi connectivity index (χ1) is 6.74. The van der Waals surface area contributed by atoms with E-state index < -0.39 is 0 Å². The van der Waals surface area contributed by atoms with Crippen LogP contribution in [0.4, 0.5) is 0 Å². The Hall–Kier alpha value is -1.50. The summed E-state index contributed by atoms with van der Waals surface area (Å²) >= 11 is 0. The Morgan fingerprint density at radius 1 is 1.07 bits per heavy atom. The van der Waals surface area contributed by atoms with Crippen molar-refractivity contribution in [1.82, 2.24) is 0 Å². The van der Waals surface area contributed by atoms with Crippen molar-refractivity contribution in [3.8, 4) is 0 Å². The van der Waals surface area contributed by atoms with E-state index in [0.717, 1.165) is 11.5 Å². The van der Waals surface area contributed by atoms with Gasteiger partial charge in [0, 0.05) is 0 Å². The third kappa shape index (κ3) is 6.06. The predicted octanol–water partition coefficient (Wildman–Crippen LogP) is 4.13. The topological polar surface area (TPSA) is 9.23 Å². The lowest BCUT2D eigenvalue weighted by molar-refractivity contribution is 0.323. The van der Waals surface area contributed by atoms with Gasteiger partial charge >= 0.3 is 0 Å². The quantitative estimate of drug-likeness (QED) is 0.468. The highest BCUT2D eigenvalue weighted by Gasteiger charge is 1.91. The van der Waals surface area contributed by atoms with E-state index in [4.69, 9.17) is 4.74 Å². The van der Waals surface area contributed by atoms with Gasteiger partial charge in [-0.05, 0) is 39.0 Å². The minimum absolute atomic E-state index is 0.751. The molecule has 0 saturated heterocycles. The molecule has 0 unspecified atom stereocenters. The molecule has 0 radical (unpaired) electrons. The zero-order chi connectivity index (χ0) is 10.8. The fraction of sp³-hybridized carbons (Fsp3) is 0.231. The van der Waals surface area contributed by atoms with Crippen molar-refractivity contribution in [3.05, 3.63) is 60.6 Å². The van der Waals surface area contributed by atoms with Gasteiger partial charge in [-0.1, -0.05) is 30.9 Å². The number of rotatable bonds is 5. The van der Waals surface area contributed by atoms with Crippen molar-refractivity contribution in [2.24, 2.45) is 0 Å². The second-order valence-electron chi connectivity index (χ2n) is 2.70. The molecule has 0 aliphatic carbocycles. The molecule has 1 heteroatoms. The third-order valence-corrected chi connectivity index (χ3v) is 1.46. The molecule has 0 rings (SSSR count). The molecule has 0 fully saturated rings. The summed E-state index contributed by atoms with van der Waals surface area (Å²) in [7, 11) is 0. The van der Waals surface area contributed by atoms with Crippen LogP contribution >= 0.6 is 0 Å². The molecule has 14 heavy (non-hydrogen) atoms. The molecule has 0 atom stereocenters. The summed E-state index contributed by atoms with van der Waals surface area (Å²) in [6.07, 6.45) is 13.2. The Morgan fingerprint density at radius 2 is 1.64 bits per heavy atom. The van der Waals surface area contributed by atoms with Crippen LogP contribution in [0.15, 0.2) is 60.6 Å². The normalized spacial score (nSPS) is 13.9. The van der Waals surface area contributed by atoms with Crippen molar-refractivity contribution in [2.75, 3.05) is 0 Å². The first kappa shape index (κ1) is 12.5. The van der Waals surface area contributed by atoms with E-state index >= 15 is 0 Å². The smallest absolute Gasteiger partial charge is 0.126 e. The van der Waals surface area contributed by atoms with Crippen molar-refractivity contribution in [3.63, 3.8) is 0 Å². The molecule has 76 valence electrons. The Morgan fingerprint density at radius 3 is 2.14 bits per heavy atom. The molecule has 0 spiro atoms. The highest BCUT2D eigenvalue weighted by molar-refractivity contribution is 5.19. The largest absolute Gasteiger partial charge is 0.462 e. The molecule has 0 N–H and O–H groups in total. The van der Waals surface area contributed by atoms with Gasteiger partial charge in [-0.2, -0.15) is 0 Å². The number of ether oxygens (including phenoxy) is 1. The van der Waals surface area contributed by atoms with Crippen LogP contribution < -0.4 is 0 Å². The molecule has 0 aliphatic rings. The van der Waals surface area contributed by atoms with E-state index in [2.05, 4.69) is 6.58 Å². The first-order valence-electron chi connectivity index (χ1n) is 4.67. The van der Waals surface area contributed by atoms with Crippen LogP contribution in [0, 0.1) is 0 Å². The molecule has 1 nitrogen and oxygen atoms in total. The molecule has 0 amide bonds. The zero-order valence-corrected chi connectivity index (χ0v) is 9.16. The van der Waals surface area contributed by atoms with Gasteiger partial charge in [0.2, 0.25) is 0 Å². The van der Waals surface area contributed by atoms with Crippen molar-refractivity contribution >= 4 is 0 Å². The van der Waals surface area contributed by atoms with Gasteiger partial charge in [-0.15, -0.1) is 0 Å². The minimum atomic E-state index is 0.751. The average molecular weight is 190 g/mol. The van der Waals surface area contributed by atoms with Gasteiger partial charge in [0.15, 0.2) is 0 Å². The van der Waals surface area contributed by atoms with Gasteiger partial charge in [0.05, 0.1) is 0 Å². The second kappa shape index (κ2) is 8.11. The summed E-state index contributed by atoms with van der Waals surface area (Å²) < 4.78 is 5.51. The Kier molecular flexibility index (Phi) is 7.24. The molecule has 0 saturated carbocycles. The summed E-state index contributed by atoms with van der Waals surface area (Å²) in [4.78, 5) is 0. The number of allylic oxidation sites excluding steroid dienone is 8. The van der Waals surface area contributed by atoms with Crippen LogP contribution in [-0.2, 0) is 4.74 Å². The summed E-state index contributed by atoms with van der Waals surface area (Å²) in [6, 6.07) is 0. The van der Waals surface area contributed by atoms with Crippen LogP contribution in [0.3, 0.4) is 0 Å². The molecular formula is C13H18O. The van der Waals surface area contributed by atoms with E-state index in [0.29, 0.717) is 0 Å². The first-order valence-corrected chi connectivity index (χ1v) is 4.67. The van der Waals surface area contributed by atoms with Gasteiger partial charge in [-0.3, -0.25) is 0 Å². The molecule has 0 bridgehead atoms. The molecule has 0 aromatic carbocycles. The van der Waals surface area contributed by atoms with Crippen molar-refractivity contribution in [2.45, 2.75) is 20.8 Å². The van der Waals surface area contributed by atoms with Crippen LogP contribution in [0.5, 0.6) is 0 Å². The van der Waals surface area contributed by atoms with Crippen LogP contribution in [0.25, 0.3) is 0 Å². The Labute approximate surface area is 86.8 Å². The predicted molar refractivity (Wildman–Crippen MR) is 62.8 cm³/mol. The molecule has 0 aliphatic heterocycles. The van der Waals surface area contributed by atoms with E-state index in [1.807, 2.05) is 57.2 Å². The highest BCUT2D eigenvalue weighted by Crippen LogP contribution is 2.07. The molecular weight excluding hydrogens is 172 g/mol. The van der Waals surface area contributed by atoms with Crippen molar-refractivity contribution < 1.29 is 4.74 Å². The second-order valence-corrected chi connectivity index (χ2v) is 2.70. The summed E-state index contributed by atoms with van der Waals surface area (Å²) in [5.41, 5.74) is 0. The molecule has 0 aromatic rings. The monoisotopic (exact) mass is 190 g/mol. The fourth-order valence-corrected chi connectivity index (χ4v) is 0.786. The minimum Gasteiger partial charge on any atom is -0.462 e. The maximum absolute atomic E-state index is 5.51. The molecule has 0 aromatic heterocycles. The standard InChI is InChI=1S/C13H18O/c1-5-8-10-12(4)14-13(7-3)11-9-6-2/h5-11H,3H2,1-2,4H3/b8-5-,9-6-,12-10+,13-11+. The lowest BCUT2D eigenvalue weighted by Crippen LogP contribution is -1.85. The van der Waals surface area contributed by atoms with Crippen LogP contribution in [0.2, 0.25) is 0 Å². The van der Waals surface area contributed by atoms with Gasteiger partial charge in [0.25, 0.3) is 0 Å². The van der Waals surface area contributed by atoms with Gasteiger partial charge in [0.1, 0.15) is 11.5 Å². The van der Waals surface area contributed by atoms with Crippen LogP contribution in [-0.4, -0.2) is 0 Å². The molecule has 0 heterocycles. The lowest BCUT2D eigenvalue weighted by Gasteiger charge is -2.04. The van der Waals surface area contributed by atoms with E-state index in [9.17, 15) is 0 Å². The van der Waals surface area contributed by atoms with E-state index in [1.54, 1.807) is 6.08 Å². The van der Waals surface area contributed by atoms with E-state index in [1.165, 1.54) is 0 Å². The summed E-state index contributed by atoms with van der Waals surface area (Å²) in [5, 5.41) is 0. The summed E-state index contributed by atoms with van der Waals surface area (Å²) in [6.45, 7) is 9.51. The van der Waals surface area contributed by atoms with Gasteiger partial charge < -0.3 is 4.74 Å². The number of hydrogen-bond donors (Lipinski definition) is 0. The third-order valence-electron chi connectivity index (χ3n) is 1.46. The SMILES string of the molecule is C=C/C(=C\C=C/C)O/C(C)=C/C=C\C. The maximum Gasteiger partial charge on any atom is 0.126 e. The summed E-state index contributed by atoms with van der Waals surface area (Å²) in [5.74, 6) is 1.60. The van der Waals surface area contributed by atoms with E-state index in [-0.39, 0.29) is 0 Å². The number of hydrogen-bond acceptors (Lipinski definition) is 1. The van der Waals surface area contributed by atoms with Gasteiger partial charge in [-0.25, -0.2) is 0 Å². The van der Waals surface area contributed by atoms with Crippen LogP contribution in [0.1, 0.15) is 20.8 Å². The zero-order valence-electron chi connectivity index (χ0n) is 9.16. The lowest BCUT2D eigenvalue weighted by atomic mass is 10.4. The highest BCUT2D eigenvalue weighted by atomic mass is 16.5. The Bertz CT molecular complexity index is 278. The maximum atomic E-state index is 5.51. The van der Waals surface area contributed by atoms with Crippen molar-refractivity contribution in [1.29, 1.82) is 0 Å². The average Bonchev–Trinajstić information content (AvgIpc) is 2.21. The Balaban J connectivity index is 4.39.